The molecule has 1 N–H and O–H groups in total. The van der Waals surface area contributed by atoms with Crippen LogP contribution in [0.15, 0.2) is 24.3 Å². The molecule has 2 aromatic heterocycles. The summed E-state index contributed by atoms with van der Waals surface area (Å²) >= 11 is 1.41. The number of benzene rings is 1. The van der Waals surface area contributed by atoms with Crippen LogP contribution in [-0.4, -0.2) is 39.8 Å². The third-order valence-electron chi connectivity index (χ3n) is 5.56. The summed E-state index contributed by atoms with van der Waals surface area (Å²) in [5.41, 5.74) is 3.01. The van der Waals surface area contributed by atoms with Crippen molar-refractivity contribution in [1.29, 1.82) is 0 Å². The molecular weight excluding hydrogens is 396 g/mol. The van der Waals surface area contributed by atoms with Crippen molar-refractivity contribution in [2.45, 2.75) is 46.5 Å². The molecule has 7 heteroatoms. The van der Waals surface area contributed by atoms with E-state index in [0.29, 0.717) is 35.1 Å². The minimum atomic E-state index is -0.185. The number of nitrogens with zero attached hydrogens (tertiary/aromatic N) is 3. The van der Waals surface area contributed by atoms with Gasteiger partial charge in [-0.2, -0.15) is 0 Å². The molecule has 0 bridgehead atoms. The molecule has 0 spiro atoms. The zero-order chi connectivity index (χ0) is 21.4. The highest BCUT2D eigenvalue weighted by atomic mass is 32.1. The SMILES string of the molecule is CCN(CC)C(=O)c1cccc(NC(=O)c2sc3nc(C4CC4)nc(C)c3c2C)c1. The maximum absolute atomic E-state index is 13.0. The molecular formula is C23H26N4O2S. The molecule has 1 saturated carbocycles. The molecule has 4 rings (SSSR count). The fraction of sp³-hybridized carbons (Fsp3) is 0.391. The summed E-state index contributed by atoms with van der Waals surface area (Å²) in [6, 6.07) is 7.11. The summed E-state index contributed by atoms with van der Waals surface area (Å²) in [5, 5.41) is 3.92. The van der Waals surface area contributed by atoms with E-state index in [1.54, 1.807) is 29.2 Å². The highest BCUT2D eigenvalue weighted by Crippen LogP contribution is 2.40. The number of carbonyl (C=O) groups excluding carboxylic acids is 2. The Morgan fingerprint density at radius 3 is 2.57 bits per heavy atom. The first-order chi connectivity index (χ1) is 14.4. The Morgan fingerprint density at radius 1 is 1.17 bits per heavy atom. The summed E-state index contributed by atoms with van der Waals surface area (Å²) < 4.78 is 0. The summed E-state index contributed by atoms with van der Waals surface area (Å²) in [6.45, 7) is 9.14. The van der Waals surface area contributed by atoms with Crippen LogP contribution in [0.1, 0.15) is 69.7 Å². The molecule has 2 amide bonds. The van der Waals surface area contributed by atoms with E-state index in [1.165, 1.54) is 11.3 Å². The largest absolute Gasteiger partial charge is 0.339 e. The Kier molecular flexibility index (Phi) is 5.56. The smallest absolute Gasteiger partial charge is 0.266 e. The summed E-state index contributed by atoms with van der Waals surface area (Å²) in [6.07, 6.45) is 2.29. The van der Waals surface area contributed by atoms with Gasteiger partial charge in [0.2, 0.25) is 0 Å². The molecule has 3 aromatic rings. The van der Waals surface area contributed by atoms with Crippen LogP contribution in [0, 0.1) is 13.8 Å². The van der Waals surface area contributed by atoms with Gasteiger partial charge in [0.1, 0.15) is 10.7 Å². The number of amides is 2. The molecule has 0 aliphatic heterocycles. The van der Waals surface area contributed by atoms with Crippen molar-refractivity contribution in [2.24, 2.45) is 0 Å². The summed E-state index contributed by atoms with van der Waals surface area (Å²) in [7, 11) is 0. The van der Waals surface area contributed by atoms with Crippen molar-refractivity contribution in [2.75, 3.05) is 18.4 Å². The number of hydrogen-bond donors (Lipinski definition) is 1. The van der Waals surface area contributed by atoms with Crippen LogP contribution in [0.5, 0.6) is 0 Å². The Bertz CT molecular complexity index is 1130. The number of aromatic nitrogens is 2. The molecule has 0 unspecified atom stereocenters. The molecule has 1 aliphatic carbocycles. The van der Waals surface area contributed by atoms with Gasteiger partial charge >= 0.3 is 0 Å². The van der Waals surface area contributed by atoms with Crippen molar-refractivity contribution >= 4 is 39.1 Å². The van der Waals surface area contributed by atoms with Gasteiger partial charge in [0.15, 0.2) is 0 Å². The van der Waals surface area contributed by atoms with Gasteiger partial charge in [0.05, 0.1) is 10.6 Å². The van der Waals surface area contributed by atoms with Gasteiger partial charge in [0.25, 0.3) is 11.8 Å². The molecule has 156 valence electrons. The van der Waals surface area contributed by atoms with Crippen LogP contribution in [0.3, 0.4) is 0 Å². The highest BCUT2D eigenvalue weighted by molar-refractivity contribution is 7.20. The molecule has 1 fully saturated rings. The standard InChI is InChI=1S/C23H26N4O2S/c1-5-27(6-2)23(29)16-8-7-9-17(12-16)25-21(28)19-13(3)18-14(4)24-20(15-10-11-15)26-22(18)30-19/h7-9,12,15H,5-6,10-11H2,1-4H3,(H,25,28). The van der Waals surface area contributed by atoms with Crippen molar-refractivity contribution in [3.63, 3.8) is 0 Å². The van der Waals surface area contributed by atoms with Crippen molar-refractivity contribution in [1.82, 2.24) is 14.9 Å². The minimum absolute atomic E-state index is 0.0346. The van der Waals surface area contributed by atoms with Gasteiger partial charge < -0.3 is 10.2 Å². The first-order valence-electron chi connectivity index (χ1n) is 10.4. The lowest BCUT2D eigenvalue weighted by atomic mass is 10.1. The average molecular weight is 423 g/mol. The zero-order valence-corrected chi connectivity index (χ0v) is 18.6. The van der Waals surface area contributed by atoms with Gasteiger partial charge in [-0.15, -0.1) is 11.3 Å². The molecule has 0 atom stereocenters. The normalized spacial score (nSPS) is 13.5. The van der Waals surface area contributed by atoms with Crippen LogP contribution in [0.25, 0.3) is 10.2 Å². The van der Waals surface area contributed by atoms with E-state index >= 15 is 0 Å². The predicted molar refractivity (Wildman–Crippen MR) is 121 cm³/mol. The topological polar surface area (TPSA) is 75.2 Å². The highest BCUT2D eigenvalue weighted by Gasteiger charge is 2.28. The maximum atomic E-state index is 13.0. The second kappa shape index (κ2) is 8.14. The minimum Gasteiger partial charge on any atom is -0.339 e. The molecule has 2 heterocycles. The van der Waals surface area contributed by atoms with Crippen molar-refractivity contribution in [3.8, 4) is 0 Å². The van der Waals surface area contributed by atoms with E-state index in [2.05, 4.69) is 10.3 Å². The van der Waals surface area contributed by atoms with E-state index in [0.717, 1.165) is 40.1 Å². The molecule has 1 aromatic carbocycles. The van der Waals surface area contributed by atoms with Crippen LogP contribution in [0.4, 0.5) is 5.69 Å². The number of hydrogen-bond acceptors (Lipinski definition) is 5. The number of carbonyl (C=O) groups is 2. The van der Waals surface area contributed by atoms with Gasteiger partial charge in [-0.3, -0.25) is 9.59 Å². The second-order valence-electron chi connectivity index (χ2n) is 7.69. The lowest BCUT2D eigenvalue weighted by molar-refractivity contribution is 0.0772. The van der Waals surface area contributed by atoms with E-state index in [4.69, 9.17) is 4.98 Å². The van der Waals surface area contributed by atoms with E-state index in [-0.39, 0.29) is 11.8 Å². The van der Waals surface area contributed by atoms with E-state index < -0.39 is 0 Å². The lowest BCUT2D eigenvalue weighted by Crippen LogP contribution is -2.30. The molecule has 0 radical (unpaired) electrons. The fourth-order valence-corrected chi connectivity index (χ4v) is 4.85. The van der Waals surface area contributed by atoms with E-state index in [1.807, 2.05) is 27.7 Å². The summed E-state index contributed by atoms with van der Waals surface area (Å²) in [4.78, 5) is 38.3. The van der Waals surface area contributed by atoms with Gasteiger partial charge in [-0.05, 0) is 64.3 Å². The van der Waals surface area contributed by atoms with Crippen molar-refractivity contribution < 1.29 is 9.59 Å². The Balaban J connectivity index is 1.61. The fourth-order valence-electron chi connectivity index (χ4n) is 3.71. The number of fused-ring (bicyclic) bond motifs is 1. The van der Waals surface area contributed by atoms with Crippen LogP contribution in [0.2, 0.25) is 0 Å². The van der Waals surface area contributed by atoms with Crippen LogP contribution in [-0.2, 0) is 0 Å². The molecule has 1 aliphatic rings. The first kappa shape index (κ1) is 20.5. The van der Waals surface area contributed by atoms with Gasteiger partial charge in [-0.25, -0.2) is 9.97 Å². The first-order valence-corrected chi connectivity index (χ1v) is 11.2. The average Bonchev–Trinajstić information content (AvgIpc) is 3.52. The Labute approximate surface area is 180 Å². The summed E-state index contributed by atoms with van der Waals surface area (Å²) in [5.74, 6) is 1.15. The number of thiophene rings is 1. The quantitative estimate of drug-likeness (QED) is 0.612. The second-order valence-corrected chi connectivity index (χ2v) is 8.69. The number of rotatable bonds is 6. The Hall–Kier alpha value is -2.80. The third-order valence-corrected chi connectivity index (χ3v) is 6.74. The lowest BCUT2D eigenvalue weighted by Gasteiger charge is -2.19. The van der Waals surface area contributed by atoms with Crippen LogP contribution < -0.4 is 5.32 Å². The predicted octanol–water partition coefficient (Wildman–Crippen LogP) is 4.92. The number of anilines is 1. The number of nitrogens with one attached hydrogen (secondary N) is 1. The molecule has 30 heavy (non-hydrogen) atoms. The van der Waals surface area contributed by atoms with Gasteiger partial charge in [0, 0.05) is 35.6 Å². The number of aryl methyl sites for hydroxylation is 2. The van der Waals surface area contributed by atoms with Gasteiger partial charge in [-0.1, -0.05) is 6.07 Å². The maximum Gasteiger partial charge on any atom is 0.266 e. The molecule has 6 nitrogen and oxygen atoms in total. The van der Waals surface area contributed by atoms with E-state index in [9.17, 15) is 9.59 Å². The molecule has 0 saturated heterocycles. The monoisotopic (exact) mass is 422 g/mol. The van der Waals surface area contributed by atoms with Crippen LogP contribution >= 0.6 is 11.3 Å². The Morgan fingerprint density at radius 2 is 1.90 bits per heavy atom. The third kappa shape index (κ3) is 3.81. The van der Waals surface area contributed by atoms with Crippen molar-refractivity contribution in [3.05, 3.63) is 51.8 Å². The zero-order valence-electron chi connectivity index (χ0n) is 17.8.